The van der Waals surface area contributed by atoms with E-state index in [4.69, 9.17) is 10.8 Å². The van der Waals surface area contributed by atoms with Crippen molar-refractivity contribution < 1.29 is 54.9 Å². The summed E-state index contributed by atoms with van der Waals surface area (Å²) >= 11 is 0. The van der Waals surface area contributed by atoms with Gasteiger partial charge in [0.05, 0.1) is 12.3 Å². The molecule has 2 heterocycles. The number of nitrogens with one attached hydrogen (secondary N) is 2. The summed E-state index contributed by atoms with van der Waals surface area (Å²) in [7, 11) is 0. The van der Waals surface area contributed by atoms with E-state index in [9.17, 15) is 39.3 Å². The maximum atomic E-state index is 12.6. The molecule has 1 aromatic carbocycles. The molecule has 2 aliphatic rings. The van der Waals surface area contributed by atoms with Crippen molar-refractivity contribution in [1.82, 2.24) is 10.2 Å². The van der Waals surface area contributed by atoms with E-state index < -0.39 is 37.0 Å². The second-order valence-corrected chi connectivity index (χ2v) is 10.0. The Hall–Kier alpha value is -3.59. The van der Waals surface area contributed by atoms with E-state index >= 15 is 0 Å². The molecule has 4 amide bonds. The van der Waals surface area contributed by atoms with E-state index in [0.29, 0.717) is 31.4 Å². The first-order chi connectivity index (χ1) is 20.0. The molecule has 1 unspecified atom stereocenters. The third-order valence-corrected chi connectivity index (χ3v) is 6.74. The number of benzene rings is 1. The molecule has 0 aliphatic carbocycles. The monoisotopic (exact) mass is 580 g/mol. The van der Waals surface area contributed by atoms with Crippen molar-refractivity contribution in [2.75, 3.05) is 25.0 Å². The zero-order chi connectivity index (χ0) is 30.8. The van der Waals surface area contributed by atoms with E-state index in [2.05, 4.69) is 15.4 Å². The fourth-order valence-corrected chi connectivity index (χ4v) is 4.42. The Balaban J connectivity index is 1.45. The number of carbonyl (C=O) groups is 5. The van der Waals surface area contributed by atoms with Crippen molar-refractivity contribution in [3.8, 4) is 5.75 Å². The molecule has 0 aromatic heterocycles. The topological polar surface area (TPSA) is 201 Å². The molecule has 5 N–H and O–H groups in total. The first-order valence-corrected chi connectivity index (χ1v) is 13.5. The van der Waals surface area contributed by atoms with Gasteiger partial charge in [-0.25, -0.2) is 0 Å². The number of unbranched alkanes of at least 4 members (excludes halogenated alkanes) is 2. The van der Waals surface area contributed by atoms with Crippen LogP contribution >= 0.6 is 0 Å². The Bertz CT molecular complexity index is 1150. The minimum atomic E-state index is -1.58. The number of anilines is 1. The van der Waals surface area contributed by atoms with E-state index in [1.165, 1.54) is 23.1 Å². The summed E-state index contributed by atoms with van der Waals surface area (Å²) in [6, 6.07) is 4.34. The van der Waals surface area contributed by atoms with Crippen LogP contribution in [0.2, 0.25) is 0 Å². The molecule has 14 nitrogen and oxygen atoms in total. The van der Waals surface area contributed by atoms with Crippen LogP contribution in [0.1, 0.15) is 52.4 Å². The average molecular weight is 581 g/mol. The normalized spacial score (nSPS) is 24.5. The van der Waals surface area contributed by atoms with Gasteiger partial charge in [-0.2, -0.15) is 0 Å². The van der Waals surface area contributed by atoms with Gasteiger partial charge in [0.25, 0.3) is 6.45 Å². The second kappa shape index (κ2) is 15.4. The lowest BCUT2D eigenvalue weighted by molar-refractivity contribution is -0.241. The Kier molecular flexibility index (Phi) is 11.4. The van der Waals surface area contributed by atoms with Crippen LogP contribution in [-0.2, 0) is 40.1 Å². The van der Waals surface area contributed by atoms with Crippen molar-refractivity contribution >= 4 is 35.8 Å². The highest BCUT2D eigenvalue weighted by molar-refractivity contribution is 6.03. The molecule has 1 aromatic rings. The smallest absolute Gasteiger partial charge is 0.293 e. The van der Waals surface area contributed by atoms with E-state index in [0.717, 1.165) is 0 Å². The molecular formula is C27H37N3O11. The van der Waals surface area contributed by atoms with Crippen LogP contribution in [0.4, 0.5) is 5.69 Å². The SMILES string of the molecule is [2H]C(=O)OCc1ccc(O[C@@H]2OC[C@@H](O)[C@H](O)[C@H]2O)c(NC(=O)CCNC(=O)CCCCCN2C(=O)CC(C)C2=O)c1. The largest absolute Gasteiger partial charge is 0.463 e. The summed E-state index contributed by atoms with van der Waals surface area (Å²) in [5.74, 6) is -1.30. The number of rotatable bonds is 14. The lowest BCUT2D eigenvalue weighted by Gasteiger charge is -2.35. The van der Waals surface area contributed by atoms with Gasteiger partial charge in [-0.1, -0.05) is 19.4 Å². The van der Waals surface area contributed by atoms with E-state index in [-0.39, 0.29) is 74.1 Å². The van der Waals surface area contributed by atoms with Gasteiger partial charge in [0.2, 0.25) is 29.9 Å². The number of imide groups is 1. The Morgan fingerprint density at radius 1 is 1.15 bits per heavy atom. The van der Waals surface area contributed by atoms with Gasteiger partial charge in [0, 0.05) is 38.3 Å². The number of nitrogens with zero attached hydrogens (tertiary/aromatic N) is 1. The molecular weight excluding hydrogens is 542 g/mol. The highest BCUT2D eigenvalue weighted by Gasteiger charge is 2.39. The van der Waals surface area contributed by atoms with Crippen molar-refractivity contribution in [2.24, 2.45) is 5.92 Å². The van der Waals surface area contributed by atoms with Gasteiger partial charge in [0.15, 0.2) is 1.37 Å². The van der Waals surface area contributed by atoms with Gasteiger partial charge in [0.1, 0.15) is 30.7 Å². The second-order valence-electron chi connectivity index (χ2n) is 10.0. The first kappa shape index (κ1) is 30.4. The predicted molar refractivity (Wildman–Crippen MR) is 141 cm³/mol. The third kappa shape index (κ3) is 9.21. The van der Waals surface area contributed by atoms with Gasteiger partial charge < -0.3 is 40.2 Å². The predicted octanol–water partition coefficient (Wildman–Crippen LogP) is -0.422. The summed E-state index contributed by atoms with van der Waals surface area (Å²) < 4.78 is 22.5. The molecule has 2 aliphatic heterocycles. The molecule has 226 valence electrons. The van der Waals surface area contributed by atoms with Crippen LogP contribution in [0.5, 0.6) is 5.75 Å². The third-order valence-electron chi connectivity index (χ3n) is 6.74. The minimum absolute atomic E-state index is 0.0419. The first-order valence-electron chi connectivity index (χ1n) is 14.0. The maximum Gasteiger partial charge on any atom is 0.293 e. The van der Waals surface area contributed by atoms with Gasteiger partial charge in [-0.15, -0.1) is 0 Å². The number of ether oxygens (including phenoxy) is 3. The highest BCUT2D eigenvalue weighted by Crippen LogP contribution is 2.30. The van der Waals surface area contributed by atoms with Crippen molar-refractivity contribution in [1.29, 1.82) is 0 Å². The molecule has 0 spiro atoms. The summed E-state index contributed by atoms with van der Waals surface area (Å²) in [5, 5.41) is 35.0. The standard InChI is InChI=1S/C27H37N3O11/c1-16-11-23(35)30(26(16)38)10-4-2-3-5-21(33)28-9-8-22(34)29-18-12-17(13-39-15-31)6-7-20(18)41-27-25(37)24(36)19(32)14-40-27/h6-7,12,15-16,19,24-25,27,32,36-37H,2-5,8-11,13-14H2,1H3,(H,28,33)(H,29,34)/t16?,19-,24+,25-,27+/m1/s1/i15D. The van der Waals surface area contributed by atoms with E-state index in [1.807, 2.05) is 0 Å². The summed E-state index contributed by atoms with van der Waals surface area (Å²) in [6.07, 6.45) is -4.80. The quantitative estimate of drug-likeness (QED) is 0.109. The fraction of sp³-hybridized carbons (Fsp3) is 0.593. The van der Waals surface area contributed by atoms with Crippen LogP contribution < -0.4 is 15.4 Å². The zero-order valence-electron chi connectivity index (χ0n) is 23.7. The van der Waals surface area contributed by atoms with Gasteiger partial charge in [-0.3, -0.25) is 28.9 Å². The molecule has 2 fully saturated rings. The molecule has 2 saturated heterocycles. The number of aliphatic hydroxyl groups is 3. The number of hydrogen-bond donors (Lipinski definition) is 5. The molecule has 0 bridgehead atoms. The molecule has 14 heteroatoms. The number of hydrogen-bond acceptors (Lipinski definition) is 11. The molecule has 0 radical (unpaired) electrons. The van der Waals surface area contributed by atoms with E-state index in [1.54, 1.807) is 6.92 Å². The number of likely N-dealkylation sites (tertiary alicyclic amines) is 1. The van der Waals surface area contributed by atoms with Crippen molar-refractivity contribution in [3.63, 3.8) is 0 Å². The van der Waals surface area contributed by atoms with Gasteiger partial charge in [-0.05, 0) is 30.5 Å². The summed E-state index contributed by atoms with van der Waals surface area (Å²) in [6.45, 7) is 1.57. The van der Waals surface area contributed by atoms with Gasteiger partial charge >= 0.3 is 0 Å². The van der Waals surface area contributed by atoms with Crippen LogP contribution in [0.25, 0.3) is 0 Å². The molecule has 0 saturated carbocycles. The van der Waals surface area contributed by atoms with Crippen molar-refractivity contribution in [3.05, 3.63) is 23.8 Å². The average Bonchev–Trinajstić information content (AvgIpc) is 3.18. The van der Waals surface area contributed by atoms with Crippen LogP contribution in [0.3, 0.4) is 0 Å². The summed E-state index contributed by atoms with van der Waals surface area (Å²) in [4.78, 5) is 60.7. The molecule has 5 atom stereocenters. The number of aliphatic hydroxyl groups excluding tert-OH is 3. The number of amides is 4. The Morgan fingerprint density at radius 2 is 1.93 bits per heavy atom. The highest BCUT2D eigenvalue weighted by atomic mass is 16.7. The van der Waals surface area contributed by atoms with Crippen molar-refractivity contribution in [2.45, 2.75) is 76.7 Å². The molecule has 3 rings (SSSR count). The van der Waals surface area contributed by atoms with Crippen LogP contribution in [-0.4, -0.2) is 94.6 Å². The van der Waals surface area contributed by atoms with Crippen LogP contribution in [0, 0.1) is 5.92 Å². The fourth-order valence-electron chi connectivity index (χ4n) is 4.42. The Morgan fingerprint density at radius 3 is 2.63 bits per heavy atom. The number of carbonyl (C=O) groups excluding carboxylic acids is 5. The lowest BCUT2D eigenvalue weighted by Crippen LogP contribution is -2.54. The molecule has 41 heavy (non-hydrogen) atoms. The summed E-state index contributed by atoms with van der Waals surface area (Å²) in [5.41, 5.74) is 0.533. The minimum Gasteiger partial charge on any atom is -0.463 e. The zero-order valence-corrected chi connectivity index (χ0v) is 22.7. The maximum absolute atomic E-state index is 12.6. The Labute approximate surface area is 238 Å². The lowest BCUT2D eigenvalue weighted by atomic mass is 10.1. The van der Waals surface area contributed by atoms with Crippen LogP contribution in [0.15, 0.2) is 18.2 Å².